The van der Waals surface area contributed by atoms with Crippen molar-refractivity contribution in [1.82, 2.24) is 14.9 Å². The van der Waals surface area contributed by atoms with Crippen LogP contribution in [0.4, 0.5) is 0 Å². The minimum absolute atomic E-state index is 0.0187. The molecular formula is C14H25N3O2S2. The number of aryl methyl sites for hydroxylation is 1. The summed E-state index contributed by atoms with van der Waals surface area (Å²) in [6.07, 6.45) is 0.874. The fourth-order valence-electron chi connectivity index (χ4n) is 2.58. The van der Waals surface area contributed by atoms with Gasteiger partial charge in [0.25, 0.3) is 0 Å². The Hall–Kier alpha value is -0.470. The lowest BCUT2D eigenvalue weighted by Crippen LogP contribution is -2.37. The lowest BCUT2D eigenvalue weighted by atomic mass is 10.3. The second kappa shape index (κ2) is 6.75. The standard InChI is InChI=1S/C14H25N3O2S2/c1-10(2)15-7-13-14(11(3)9-20-13)21(18,19)16-12-5-6-17(4)8-12/h9-10,12,15-16H,5-8H2,1-4H3. The zero-order valence-electron chi connectivity index (χ0n) is 13.1. The zero-order chi connectivity index (χ0) is 15.6. The molecular weight excluding hydrogens is 306 g/mol. The molecule has 0 bridgehead atoms. The van der Waals surface area contributed by atoms with Crippen LogP contribution < -0.4 is 10.0 Å². The molecule has 1 saturated heterocycles. The molecule has 2 heterocycles. The first-order valence-corrected chi connectivity index (χ1v) is 9.67. The molecule has 1 unspecified atom stereocenters. The van der Waals surface area contributed by atoms with Crippen LogP contribution >= 0.6 is 11.3 Å². The van der Waals surface area contributed by atoms with E-state index < -0.39 is 10.0 Å². The molecule has 2 N–H and O–H groups in total. The first kappa shape index (κ1) is 16.9. The maximum absolute atomic E-state index is 12.7. The SMILES string of the molecule is Cc1csc(CNC(C)C)c1S(=O)(=O)NC1CCN(C)C1. The number of likely N-dealkylation sites (N-methyl/N-ethyl adjacent to an activating group) is 1. The van der Waals surface area contributed by atoms with Crippen molar-refractivity contribution in [3.8, 4) is 0 Å². The van der Waals surface area contributed by atoms with Gasteiger partial charge in [0.15, 0.2) is 0 Å². The van der Waals surface area contributed by atoms with Crippen LogP contribution in [0.25, 0.3) is 0 Å². The highest BCUT2D eigenvalue weighted by Crippen LogP contribution is 2.27. The van der Waals surface area contributed by atoms with E-state index in [0.29, 0.717) is 17.5 Å². The number of hydrogen-bond donors (Lipinski definition) is 2. The minimum atomic E-state index is -3.44. The van der Waals surface area contributed by atoms with Gasteiger partial charge in [0, 0.05) is 30.1 Å². The summed E-state index contributed by atoms with van der Waals surface area (Å²) >= 11 is 1.51. The second-order valence-corrected chi connectivity index (χ2v) is 8.69. The third kappa shape index (κ3) is 4.26. The van der Waals surface area contributed by atoms with Gasteiger partial charge in [-0.3, -0.25) is 0 Å². The van der Waals surface area contributed by atoms with Gasteiger partial charge in [-0.2, -0.15) is 0 Å². The summed E-state index contributed by atoms with van der Waals surface area (Å²) in [5.41, 5.74) is 0.833. The van der Waals surface area contributed by atoms with Crippen molar-refractivity contribution < 1.29 is 8.42 Å². The van der Waals surface area contributed by atoms with Crippen LogP contribution in [0.1, 0.15) is 30.7 Å². The molecule has 1 fully saturated rings. The van der Waals surface area contributed by atoms with Gasteiger partial charge in [-0.25, -0.2) is 13.1 Å². The van der Waals surface area contributed by atoms with Gasteiger partial charge in [-0.15, -0.1) is 11.3 Å². The quantitative estimate of drug-likeness (QED) is 0.830. The molecule has 0 spiro atoms. The second-order valence-electron chi connectivity index (χ2n) is 6.08. The summed E-state index contributed by atoms with van der Waals surface area (Å²) in [5.74, 6) is 0. The summed E-state index contributed by atoms with van der Waals surface area (Å²) in [6.45, 7) is 8.30. The van der Waals surface area contributed by atoms with E-state index in [1.807, 2.05) is 19.4 Å². The molecule has 1 aliphatic heterocycles. The van der Waals surface area contributed by atoms with Crippen molar-refractivity contribution in [2.45, 2.75) is 50.7 Å². The lowest BCUT2D eigenvalue weighted by Gasteiger charge is -2.15. The summed E-state index contributed by atoms with van der Waals surface area (Å²) in [5, 5.41) is 5.22. The first-order chi connectivity index (χ1) is 9.79. The number of sulfonamides is 1. The Labute approximate surface area is 131 Å². The number of hydrogen-bond acceptors (Lipinski definition) is 5. The molecule has 7 heteroatoms. The first-order valence-electron chi connectivity index (χ1n) is 7.31. The van der Waals surface area contributed by atoms with Crippen molar-refractivity contribution in [3.63, 3.8) is 0 Å². The molecule has 1 atom stereocenters. The molecule has 0 saturated carbocycles. The Balaban J connectivity index is 2.17. The van der Waals surface area contributed by atoms with E-state index >= 15 is 0 Å². The van der Waals surface area contributed by atoms with Crippen LogP contribution in [0.15, 0.2) is 10.3 Å². The van der Waals surface area contributed by atoms with Crippen molar-refractivity contribution >= 4 is 21.4 Å². The van der Waals surface area contributed by atoms with Crippen molar-refractivity contribution in [1.29, 1.82) is 0 Å². The minimum Gasteiger partial charge on any atom is -0.310 e. The van der Waals surface area contributed by atoms with E-state index in [-0.39, 0.29) is 6.04 Å². The van der Waals surface area contributed by atoms with Crippen molar-refractivity contribution in [2.75, 3.05) is 20.1 Å². The molecule has 2 rings (SSSR count). The smallest absolute Gasteiger partial charge is 0.242 e. The molecule has 5 nitrogen and oxygen atoms in total. The predicted molar refractivity (Wildman–Crippen MR) is 87.3 cm³/mol. The Kier molecular flexibility index (Phi) is 5.43. The molecule has 0 amide bonds. The van der Waals surface area contributed by atoms with Crippen LogP contribution in [0.5, 0.6) is 0 Å². The van der Waals surface area contributed by atoms with Crippen LogP contribution in [0.2, 0.25) is 0 Å². The Morgan fingerprint density at radius 2 is 2.19 bits per heavy atom. The molecule has 0 aliphatic carbocycles. The van der Waals surface area contributed by atoms with E-state index in [1.54, 1.807) is 0 Å². The molecule has 0 aromatic carbocycles. The fraction of sp³-hybridized carbons (Fsp3) is 0.714. The normalized spacial score (nSPS) is 20.5. The Bertz CT molecular complexity index is 581. The highest BCUT2D eigenvalue weighted by Gasteiger charge is 2.28. The van der Waals surface area contributed by atoms with E-state index in [0.717, 1.165) is 30.0 Å². The highest BCUT2D eigenvalue weighted by atomic mass is 32.2. The van der Waals surface area contributed by atoms with E-state index in [1.165, 1.54) is 11.3 Å². The topological polar surface area (TPSA) is 61.4 Å². The van der Waals surface area contributed by atoms with Crippen molar-refractivity contribution in [2.24, 2.45) is 0 Å². The zero-order valence-corrected chi connectivity index (χ0v) is 14.8. The number of likely N-dealkylation sites (tertiary alicyclic amines) is 1. The van der Waals surface area contributed by atoms with Crippen LogP contribution in [-0.2, 0) is 16.6 Å². The Morgan fingerprint density at radius 3 is 2.76 bits per heavy atom. The van der Waals surface area contributed by atoms with Gasteiger partial charge < -0.3 is 10.2 Å². The molecule has 1 aliphatic rings. The van der Waals surface area contributed by atoms with Gasteiger partial charge in [0.2, 0.25) is 10.0 Å². The van der Waals surface area contributed by atoms with Crippen molar-refractivity contribution in [3.05, 3.63) is 15.8 Å². The van der Waals surface area contributed by atoms with Gasteiger partial charge in [-0.1, -0.05) is 13.8 Å². The highest BCUT2D eigenvalue weighted by molar-refractivity contribution is 7.89. The molecule has 21 heavy (non-hydrogen) atoms. The van der Waals surface area contributed by atoms with Crippen LogP contribution in [0.3, 0.4) is 0 Å². The Morgan fingerprint density at radius 1 is 1.48 bits per heavy atom. The lowest BCUT2D eigenvalue weighted by molar-refractivity contribution is 0.407. The molecule has 1 aromatic rings. The number of rotatable bonds is 6. The van der Waals surface area contributed by atoms with E-state index in [4.69, 9.17) is 0 Å². The summed E-state index contributed by atoms with van der Waals surface area (Å²) in [6, 6.07) is 0.351. The third-order valence-electron chi connectivity index (χ3n) is 3.64. The average Bonchev–Trinajstić information content (AvgIpc) is 2.93. The molecule has 120 valence electrons. The summed E-state index contributed by atoms with van der Waals surface area (Å²) in [4.78, 5) is 3.50. The summed E-state index contributed by atoms with van der Waals surface area (Å²) in [7, 11) is -1.42. The fourth-order valence-corrected chi connectivity index (χ4v) is 5.60. The predicted octanol–water partition coefficient (Wildman–Crippen LogP) is 1.54. The number of nitrogens with zero attached hydrogens (tertiary/aromatic N) is 1. The van der Waals surface area contributed by atoms with Gasteiger partial charge >= 0.3 is 0 Å². The molecule has 1 aromatic heterocycles. The maximum Gasteiger partial charge on any atom is 0.242 e. The van der Waals surface area contributed by atoms with Crippen LogP contribution in [0, 0.1) is 6.92 Å². The monoisotopic (exact) mass is 331 g/mol. The summed E-state index contributed by atoms with van der Waals surface area (Å²) < 4.78 is 28.2. The average molecular weight is 332 g/mol. The van der Waals surface area contributed by atoms with Crippen LogP contribution in [-0.4, -0.2) is 45.5 Å². The van der Waals surface area contributed by atoms with Gasteiger partial charge in [0.1, 0.15) is 4.90 Å². The van der Waals surface area contributed by atoms with Gasteiger partial charge in [0.05, 0.1) is 0 Å². The van der Waals surface area contributed by atoms with E-state index in [9.17, 15) is 8.42 Å². The van der Waals surface area contributed by atoms with E-state index in [2.05, 4.69) is 28.8 Å². The number of nitrogens with one attached hydrogen (secondary N) is 2. The third-order valence-corrected chi connectivity index (χ3v) is 6.63. The number of thiophene rings is 1. The largest absolute Gasteiger partial charge is 0.310 e. The van der Waals surface area contributed by atoms with Gasteiger partial charge in [-0.05, 0) is 37.9 Å². The maximum atomic E-state index is 12.7. The molecule has 0 radical (unpaired) electrons.